The number of halogens is 1. The lowest BCUT2D eigenvalue weighted by atomic mass is 9.92. The van der Waals surface area contributed by atoms with Crippen molar-refractivity contribution in [3.63, 3.8) is 0 Å². The lowest BCUT2D eigenvalue weighted by molar-refractivity contribution is 0.322. The van der Waals surface area contributed by atoms with Gasteiger partial charge in [-0.1, -0.05) is 13.8 Å². The van der Waals surface area contributed by atoms with Gasteiger partial charge in [0.2, 0.25) is 0 Å². The van der Waals surface area contributed by atoms with Gasteiger partial charge in [0.1, 0.15) is 0 Å². The van der Waals surface area contributed by atoms with Crippen LogP contribution < -0.4 is 15.8 Å². The normalized spacial score (nSPS) is 16.5. The van der Waals surface area contributed by atoms with Gasteiger partial charge < -0.3 is 15.8 Å². The van der Waals surface area contributed by atoms with Gasteiger partial charge in [0.25, 0.3) is 0 Å². The van der Waals surface area contributed by atoms with Crippen LogP contribution in [0.3, 0.4) is 0 Å². The quantitative estimate of drug-likeness (QED) is 0.773. The molecule has 3 nitrogen and oxygen atoms in total. The SMILES string of the molecule is CCOc1cc(NCC2(C(C)C)CC2)c(N)cc1F. The molecule has 0 aliphatic heterocycles. The second-order valence-electron chi connectivity index (χ2n) is 5.67. The number of hydrogen-bond acceptors (Lipinski definition) is 3. The molecule has 1 aliphatic carbocycles. The molecule has 0 heterocycles. The van der Waals surface area contributed by atoms with E-state index in [1.54, 1.807) is 6.07 Å². The first kappa shape index (κ1) is 14.0. The molecule has 0 saturated heterocycles. The summed E-state index contributed by atoms with van der Waals surface area (Å²) >= 11 is 0. The summed E-state index contributed by atoms with van der Waals surface area (Å²) in [7, 11) is 0. The molecule has 0 amide bonds. The Labute approximate surface area is 114 Å². The maximum atomic E-state index is 13.6. The van der Waals surface area contributed by atoms with Crippen molar-refractivity contribution >= 4 is 11.4 Å². The van der Waals surface area contributed by atoms with Gasteiger partial charge in [-0.3, -0.25) is 0 Å². The van der Waals surface area contributed by atoms with Gasteiger partial charge >= 0.3 is 0 Å². The predicted molar refractivity (Wildman–Crippen MR) is 77.0 cm³/mol. The van der Waals surface area contributed by atoms with Gasteiger partial charge in [0.05, 0.1) is 18.0 Å². The second-order valence-corrected chi connectivity index (χ2v) is 5.67. The van der Waals surface area contributed by atoms with Crippen LogP contribution in [0.5, 0.6) is 5.75 Å². The summed E-state index contributed by atoms with van der Waals surface area (Å²) in [5, 5.41) is 3.35. The number of nitrogen functional groups attached to an aromatic ring is 1. The summed E-state index contributed by atoms with van der Waals surface area (Å²) in [6.45, 7) is 7.64. The van der Waals surface area contributed by atoms with E-state index in [0.717, 1.165) is 12.2 Å². The number of ether oxygens (including phenoxy) is 1. The van der Waals surface area contributed by atoms with Crippen LogP contribution in [0.15, 0.2) is 12.1 Å². The molecule has 0 unspecified atom stereocenters. The van der Waals surface area contributed by atoms with Crippen LogP contribution in [0.25, 0.3) is 0 Å². The molecule has 1 saturated carbocycles. The zero-order chi connectivity index (χ0) is 14.0. The summed E-state index contributed by atoms with van der Waals surface area (Å²) < 4.78 is 18.9. The van der Waals surface area contributed by atoms with Crippen LogP contribution in [0.1, 0.15) is 33.6 Å². The highest BCUT2D eigenvalue weighted by Gasteiger charge is 2.44. The highest BCUT2D eigenvalue weighted by Crippen LogP contribution is 2.51. The fourth-order valence-corrected chi connectivity index (χ4v) is 2.38. The van der Waals surface area contributed by atoms with E-state index in [4.69, 9.17) is 10.5 Å². The van der Waals surface area contributed by atoms with Crippen LogP contribution in [0, 0.1) is 17.2 Å². The van der Waals surface area contributed by atoms with E-state index in [2.05, 4.69) is 19.2 Å². The smallest absolute Gasteiger partial charge is 0.167 e. The number of nitrogens with one attached hydrogen (secondary N) is 1. The summed E-state index contributed by atoms with van der Waals surface area (Å²) in [5.74, 6) is 0.497. The number of hydrogen-bond donors (Lipinski definition) is 2. The summed E-state index contributed by atoms with van der Waals surface area (Å²) in [5.41, 5.74) is 7.43. The minimum absolute atomic E-state index is 0.258. The first-order chi connectivity index (χ1) is 8.98. The predicted octanol–water partition coefficient (Wildman–Crippen LogP) is 3.65. The van der Waals surface area contributed by atoms with Crippen LogP contribution in [-0.2, 0) is 0 Å². The highest BCUT2D eigenvalue weighted by molar-refractivity contribution is 5.68. The fraction of sp³-hybridized carbons (Fsp3) is 0.600. The Morgan fingerprint density at radius 2 is 2.11 bits per heavy atom. The molecule has 4 heteroatoms. The lowest BCUT2D eigenvalue weighted by Gasteiger charge is -2.21. The summed E-state index contributed by atoms with van der Waals surface area (Å²) in [6, 6.07) is 2.98. The monoisotopic (exact) mass is 266 g/mol. The van der Waals surface area contributed by atoms with E-state index in [1.165, 1.54) is 18.9 Å². The average molecular weight is 266 g/mol. The molecular weight excluding hydrogens is 243 g/mol. The van der Waals surface area contributed by atoms with Crippen molar-refractivity contribution in [1.29, 1.82) is 0 Å². The Hall–Kier alpha value is -1.45. The first-order valence-electron chi connectivity index (χ1n) is 6.94. The van der Waals surface area contributed by atoms with Gasteiger partial charge in [-0.25, -0.2) is 4.39 Å². The first-order valence-corrected chi connectivity index (χ1v) is 6.94. The Morgan fingerprint density at radius 3 is 2.63 bits per heavy atom. The Bertz CT molecular complexity index is 456. The van der Waals surface area contributed by atoms with Gasteiger partial charge in [-0.15, -0.1) is 0 Å². The largest absolute Gasteiger partial charge is 0.491 e. The molecule has 0 aromatic heterocycles. The lowest BCUT2D eigenvalue weighted by Crippen LogP contribution is -2.21. The number of nitrogens with two attached hydrogens (primary N) is 1. The zero-order valence-electron chi connectivity index (χ0n) is 11.9. The maximum Gasteiger partial charge on any atom is 0.167 e. The van der Waals surface area contributed by atoms with Crippen molar-refractivity contribution in [2.24, 2.45) is 11.3 Å². The number of benzene rings is 1. The van der Waals surface area contributed by atoms with Crippen molar-refractivity contribution in [1.82, 2.24) is 0 Å². The van der Waals surface area contributed by atoms with Gasteiger partial charge in [-0.2, -0.15) is 0 Å². The van der Waals surface area contributed by atoms with E-state index in [0.29, 0.717) is 23.6 Å². The molecular formula is C15H23FN2O. The van der Waals surface area contributed by atoms with E-state index < -0.39 is 5.82 Å². The van der Waals surface area contributed by atoms with Gasteiger partial charge in [-0.05, 0) is 31.1 Å². The van der Waals surface area contributed by atoms with Crippen molar-refractivity contribution in [2.45, 2.75) is 33.6 Å². The van der Waals surface area contributed by atoms with Crippen molar-refractivity contribution in [3.8, 4) is 5.75 Å². The number of anilines is 2. The third kappa shape index (κ3) is 2.94. The van der Waals surface area contributed by atoms with Crippen LogP contribution in [-0.4, -0.2) is 13.2 Å². The van der Waals surface area contributed by atoms with E-state index in [9.17, 15) is 4.39 Å². The van der Waals surface area contributed by atoms with E-state index in [-0.39, 0.29) is 5.75 Å². The topological polar surface area (TPSA) is 47.3 Å². The van der Waals surface area contributed by atoms with Crippen molar-refractivity contribution in [3.05, 3.63) is 17.9 Å². The molecule has 1 aromatic rings. The Balaban J connectivity index is 2.09. The third-order valence-electron chi connectivity index (χ3n) is 4.15. The summed E-state index contributed by atoms with van der Waals surface area (Å²) in [4.78, 5) is 0. The van der Waals surface area contributed by atoms with Crippen molar-refractivity contribution < 1.29 is 9.13 Å². The molecule has 106 valence electrons. The molecule has 1 aromatic carbocycles. The minimum Gasteiger partial charge on any atom is -0.491 e. The van der Waals surface area contributed by atoms with Gasteiger partial charge in [0.15, 0.2) is 11.6 Å². The van der Waals surface area contributed by atoms with Gasteiger partial charge in [0, 0.05) is 18.7 Å². The fourth-order valence-electron chi connectivity index (χ4n) is 2.38. The molecule has 0 atom stereocenters. The molecule has 19 heavy (non-hydrogen) atoms. The summed E-state index contributed by atoms with van der Waals surface area (Å²) in [6.07, 6.45) is 2.49. The third-order valence-corrected chi connectivity index (χ3v) is 4.15. The minimum atomic E-state index is -0.408. The molecule has 0 spiro atoms. The second kappa shape index (κ2) is 5.27. The van der Waals surface area contributed by atoms with Crippen LogP contribution in [0.2, 0.25) is 0 Å². The van der Waals surface area contributed by atoms with E-state index in [1.807, 2.05) is 6.92 Å². The zero-order valence-corrected chi connectivity index (χ0v) is 11.9. The van der Waals surface area contributed by atoms with Crippen molar-refractivity contribution in [2.75, 3.05) is 24.2 Å². The van der Waals surface area contributed by atoms with Crippen LogP contribution >= 0.6 is 0 Å². The molecule has 2 rings (SSSR count). The molecule has 3 N–H and O–H groups in total. The number of rotatable bonds is 6. The average Bonchev–Trinajstić information content (AvgIpc) is 3.12. The van der Waals surface area contributed by atoms with Crippen LogP contribution in [0.4, 0.5) is 15.8 Å². The maximum absolute atomic E-state index is 13.6. The standard InChI is InChI=1S/C15H23FN2O/c1-4-19-14-8-13(12(17)7-11(14)16)18-9-15(5-6-15)10(2)3/h7-8,10,18H,4-6,9,17H2,1-3H3. The highest BCUT2D eigenvalue weighted by atomic mass is 19.1. The molecule has 1 fully saturated rings. The molecule has 1 aliphatic rings. The Kier molecular flexibility index (Phi) is 3.88. The Morgan fingerprint density at radius 1 is 1.42 bits per heavy atom. The molecule has 0 radical (unpaired) electrons. The molecule has 0 bridgehead atoms. The van der Waals surface area contributed by atoms with E-state index >= 15 is 0 Å².